The molecule has 0 aromatic heterocycles. The van der Waals surface area contributed by atoms with Crippen molar-refractivity contribution in [3.63, 3.8) is 0 Å². The van der Waals surface area contributed by atoms with Gasteiger partial charge in [0.2, 0.25) is 5.91 Å². The first-order valence-corrected chi connectivity index (χ1v) is 8.91. The van der Waals surface area contributed by atoms with Crippen LogP contribution < -0.4 is 10.2 Å². The molecule has 0 bridgehead atoms. The molecular formula is C18H21ClFN5O. The topological polar surface area (TPSA) is 51.2 Å². The normalized spacial score (nSPS) is 25.4. The lowest BCUT2D eigenvalue weighted by Crippen LogP contribution is -2.61. The van der Waals surface area contributed by atoms with E-state index in [1.165, 1.54) is 0 Å². The SMILES string of the molecule is C=C1N=C2c3c(c(F)c(C)c(Cl)c3N1C)NC(=O)C1CN(C)CC(C)N21. The molecular weight excluding hydrogens is 357 g/mol. The minimum absolute atomic E-state index is 0.0291. The van der Waals surface area contributed by atoms with E-state index in [0.29, 0.717) is 40.0 Å². The first kappa shape index (κ1) is 17.3. The van der Waals surface area contributed by atoms with Crippen LogP contribution in [0.2, 0.25) is 5.02 Å². The Balaban J connectivity index is 2.05. The molecule has 0 aliphatic carbocycles. The number of rotatable bonds is 0. The van der Waals surface area contributed by atoms with Crippen LogP contribution in [-0.4, -0.2) is 60.8 Å². The Morgan fingerprint density at radius 1 is 1.35 bits per heavy atom. The fraction of sp³-hybridized carbons (Fsp3) is 0.444. The van der Waals surface area contributed by atoms with Gasteiger partial charge >= 0.3 is 0 Å². The number of amidine groups is 1. The van der Waals surface area contributed by atoms with Crippen LogP contribution >= 0.6 is 11.6 Å². The molecule has 6 nitrogen and oxygen atoms in total. The van der Waals surface area contributed by atoms with Crippen LogP contribution in [0.3, 0.4) is 0 Å². The fourth-order valence-corrected chi connectivity index (χ4v) is 4.40. The fourth-order valence-electron chi connectivity index (χ4n) is 4.09. The summed E-state index contributed by atoms with van der Waals surface area (Å²) < 4.78 is 15.1. The number of aliphatic imine (C=N–C) groups is 1. The van der Waals surface area contributed by atoms with E-state index < -0.39 is 11.9 Å². The molecule has 2 unspecified atom stereocenters. The predicted octanol–water partition coefficient (Wildman–Crippen LogP) is 2.41. The van der Waals surface area contributed by atoms with Crippen molar-refractivity contribution in [3.8, 4) is 0 Å². The summed E-state index contributed by atoms with van der Waals surface area (Å²) in [6, 6.07) is -0.432. The van der Waals surface area contributed by atoms with Crippen molar-refractivity contribution in [3.05, 3.63) is 34.4 Å². The minimum Gasteiger partial charge on any atom is -0.339 e. The van der Waals surface area contributed by atoms with Gasteiger partial charge in [0, 0.05) is 31.7 Å². The molecule has 3 heterocycles. The zero-order valence-electron chi connectivity index (χ0n) is 15.2. The maximum Gasteiger partial charge on any atom is 0.248 e. The van der Waals surface area contributed by atoms with Gasteiger partial charge in [-0.15, -0.1) is 0 Å². The number of benzene rings is 1. The van der Waals surface area contributed by atoms with Crippen molar-refractivity contribution in [2.24, 2.45) is 4.99 Å². The molecule has 0 radical (unpaired) electrons. The number of hydrogen-bond donors (Lipinski definition) is 1. The van der Waals surface area contributed by atoms with Gasteiger partial charge in [-0.2, -0.15) is 0 Å². The van der Waals surface area contributed by atoms with E-state index in [0.717, 1.165) is 6.54 Å². The lowest BCUT2D eigenvalue weighted by Gasteiger charge is -2.45. The van der Waals surface area contributed by atoms with Gasteiger partial charge < -0.3 is 20.0 Å². The molecule has 2 atom stereocenters. The summed E-state index contributed by atoms with van der Waals surface area (Å²) in [5.41, 5.74) is 1.60. The predicted molar refractivity (Wildman–Crippen MR) is 101 cm³/mol. The van der Waals surface area contributed by atoms with Gasteiger partial charge in [-0.05, 0) is 20.9 Å². The number of anilines is 2. The van der Waals surface area contributed by atoms with E-state index in [-0.39, 0.29) is 17.6 Å². The smallest absolute Gasteiger partial charge is 0.248 e. The molecule has 1 N–H and O–H groups in total. The van der Waals surface area contributed by atoms with E-state index in [4.69, 9.17) is 11.6 Å². The second kappa shape index (κ2) is 5.69. The van der Waals surface area contributed by atoms with E-state index >= 15 is 4.39 Å². The number of nitrogens with one attached hydrogen (secondary N) is 1. The summed E-state index contributed by atoms with van der Waals surface area (Å²) in [6.45, 7) is 8.97. The van der Waals surface area contributed by atoms with Crippen molar-refractivity contribution in [1.82, 2.24) is 9.80 Å². The van der Waals surface area contributed by atoms with E-state index in [1.54, 1.807) is 18.9 Å². The van der Waals surface area contributed by atoms with Crippen molar-refractivity contribution >= 4 is 34.7 Å². The maximum absolute atomic E-state index is 15.1. The Kier molecular flexibility index (Phi) is 3.79. The number of likely N-dealkylation sites (N-methyl/N-ethyl adjacent to an activating group) is 1. The van der Waals surface area contributed by atoms with E-state index in [2.05, 4.69) is 21.8 Å². The molecule has 1 amide bonds. The van der Waals surface area contributed by atoms with Crippen LogP contribution in [0.5, 0.6) is 0 Å². The molecule has 4 rings (SSSR count). The molecule has 1 fully saturated rings. The number of hydrogen-bond acceptors (Lipinski definition) is 5. The first-order chi connectivity index (χ1) is 12.2. The monoisotopic (exact) mass is 377 g/mol. The van der Waals surface area contributed by atoms with Crippen molar-refractivity contribution in [2.45, 2.75) is 25.9 Å². The summed E-state index contributed by atoms with van der Waals surface area (Å²) in [5.74, 6) is 0.307. The second-order valence-corrected chi connectivity index (χ2v) is 7.62. The standard InChI is InChI=1S/C18H21ClFN5O/c1-8-6-23(4)7-11-18(26)22-15-12-16(13(19)9(2)14(15)20)24(5)10(3)21-17(12)25(8)11/h8,11H,3,6-7H2,1-2,4-5H3,(H,22,26). The summed E-state index contributed by atoms with van der Waals surface area (Å²) >= 11 is 6.50. The van der Waals surface area contributed by atoms with Crippen LogP contribution in [0, 0.1) is 12.7 Å². The van der Waals surface area contributed by atoms with Crippen LogP contribution in [-0.2, 0) is 4.79 Å². The lowest BCUT2D eigenvalue weighted by atomic mass is 10.00. The van der Waals surface area contributed by atoms with Crippen LogP contribution in [0.1, 0.15) is 18.1 Å². The summed E-state index contributed by atoms with van der Waals surface area (Å²) in [4.78, 5) is 23.4. The number of amides is 1. The van der Waals surface area contributed by atoms with Gasteiger partial charge in [-0.1, -0.05) is 18.2 Å². The highest BCUT2D eigenvalue weighted by molar-refractivity contribution is 6.36. The number of halogens is 2. The van der Waals surface area contributed by atoms with Gasteiger partial charge in [-0.25, -0.2) is 9.38 Å². The Bertz CT molecular complexity index is 883. The molecule has 8 heteroatoms. The second-order valence-electron chi connectivity index (χ2n) is 7.24. The van der Waals surface area contributed by atoms with Crippen LogP contribution in [0.25, 0.3) is 0 Å². The third kappa shape index (κ3) is 2.20. The highest BCUT2D eigenvalue weighted by Crippen LogP contribution is 2.45. The van der Waals surface area contributed by atoms with Gasteiger partial charge in [0.05, 0.1) is 22.0 Å². The largest absolute Gasteiger partial charge is 0.339 e. The van der Waals surface area contributed by atoms with E-state index in [1.807, 2.05) is 18.9 Å². The number of carbonyl (C=O) groups is 1. The zero-order chi connectivity index (χ0) is 18.9. The number of piperazine rings is 1. The minimum atomic E-state index is -0.517. The summed E-state index contributed by atoms with van der Waals surface area (Å²) in [5, 5.41) is 3.11. The van der Waals surface area contributed by atoms with Gasteiger partial charge in [0.25, 0.3) is 0 Å². The number of nitrogens with zero attached hydrogens (tertiary/aromatic N) is 4. The average molecular weight is 378 g/mol. The molecule has 3 aliphatic rings. The van der Waals surface area contributed by atoms with Crippen LogP contribution in [0.15, 0.2) is 17.4 Å². The third-order valence-corrected chi connectivity index (χ3v) is 5.88. The molecule has 26 heavy (non-hydrogen) atoms. The third-order valence-electron chi connectivity index (χ3n) is 5.42. The van der Waals surface area contributed by atoms with Gasteiger partial charge in [0.15, 0.2) is 5.82 Å². The van der Waals surface area contributed by atoms with Crippen molar-refractivity contribution in [2.75, 3.05) is 37.4 Å². The summed E-state index contributed by atoms with van der Waals surface area (Å²) in [6.07, 6.45) is 0. The lowest BCUT2D eigenvalue weighted by molar-refractivity contribution is -0.122. The Labute approximate surface area is 156 Å². The van der Waals surface area contributed by atoms with E-state index in [9.17, 15) is 4.79 Å². The Morgan fingerprint density at radius 3 is 2.73 bits per heavy atom. The summed E-state index contributed by atoms with van der Waals surface area (Å²) in [7, 11) is 3.76. The highest BCUT2D eigenvalue weighted by atomic mass is 35.5. The molecule has 1 saturated heterocycles. The number of carbonyl (C=O) groups excluding carboxylic acids is 1. The highest BCUT2D eigenvalue weighted by Gasteiger charge is 2.44. The Hall–Kier alpha value is -2.12. The number of fused-ring (bicyclic) bond motifs is 2. The maximum atomic E-state index is 15.1. The quantitative estimate of drug-likeness (QED) is 0.754. The van der Waals surface area contributed by atoms with Crippen molar-refractivity contribution in [1.29, 1.82) is 0 Å². The van der Waals surface area contributed by atoms with Crippen molar-refractivity contribution < 1.29 is 9.18 Å². The molecule has 1 aromatic rings. The molecule has 0 saturated carbocycles. The molecule has 1 aromatic carbocycles. The Morgan fingerprint density at radius 2 is 2.04 bits per heavy atom. The first-order valence-electron chi connectivity index (χ1n) is 8.53. The van der Waals surface area contributed by atoms with Gasteiger partial charge in [-0.3, -0.25) is 4.79 Å². The zero-order valence-corrected chi connectivity index (χ0v) is 16.0. The average Bonchev–Trinajstić information content (AvgIpc) is 2.69. The van der Waals surface area contributed by atoms with Gasteiger partial charge in [0.1, 0.15) is 17.7 Å². The van der Waals surface area contributed by atoms with Crippen LogP contribution in [0.4, 0.5) is 15.8 Å². The molecule has 0 spiro atoms. The molecule has 3 aliphatic heterocycles. The molecule has 138 valence electrons.